The minimum atomic E-state index is -4.98. The molecule has 1 atom stereocenters. The van der Waals surface area contributed by atoms with Gasteiger partial charge in [0, 0.05) is 12.1 Å². The number of hydrogen-bond acceptors (Lipinski definition) is 6. The molecule has 0 saturated carbocycles. The number of nitro benzene ring substituents is 1. The van der Waals surface area contributed by atoms with Crippen molar-refractivity contribution in [2.45, 2.75) is 26.1 Å². The van der Waals surface area contributed by atoms with Crippen LogP contribution >= 0.6 is 11.6 Å². The number of amides is 1. The molecule has 1 heterocycles. The first-order chi connectivity index (χ1) is 15.9. The van der Waals surface area contributed by atoms with Gasteiger partial charge in [-0.2, -0.15) is 18.3 Å². The van der Waals surface area contributed by atoms with Crippen molar-refractivity contribution in [3.8, 4) is 5.69 Å². The molecule has 0 bridgehead atoms. The fourth-order valence-electron chi connectivity index (χ4n) is 2.97. The Hall–Kier alpha value is -3.93. The van der Waals surface area contributed by atoms with Gasteiger partial charge in [0.1, 0.15) is 10.7 Å². The number of hydrogen-bond donors (Lipinski definition) is 1. The largest absolute Gasteiger partial charge is 0.449 e. The van der Waals surface area contributed by atoms with E-state index < -0.39 is 46.0 Å². The second-order valence-electron chi connectivity index (χ2n) is 7.02. The number of carbonyl (C=O) groups excluding carboxylic acids is 2. The maximum atomic E-state index is 13.3. The number of ether oxygens (including phenoxy) is 1. The number of nitrogens with zero attached hydrogens (tertiary/aromatic N) is 3. The normalized spacial score (nSPS) is 12.2. The monoisotopic (exact) mass is 496 g/mol. The molecule has 0 radical (unpaired) electrons. The summed E-state index contributed by atoms with van der Waals surface area (Å²) in [5.41, 5.74) is -2.28. The molecule has 1 amide bonds. The van der Waals surface area contributed by atoms with Gasteiger partial charge in [-0.15, -0.1) is 0 Å². The fourth-order valence-corrected chi connectivity index (χ4v) is 3.32. The van der Waals surface area contributed by atoms with Crippen LogP contribution in [0.4, 0.5) is 24.5 Å². The van der Waals surface area contributed by atoms with Crippen LogP contribution in [0.5, 0.6) is 0 Å². The maximum Gasteiger partial charge on any atom is 0.418 e. The number of non-ortho nitro benzene ring substituents is 1. The summed E-state index contributed by atoms with van der Waals surface area (Å²) in [5, 5.41) is 16.9. The highest BCUT2D eigenvalue weighted by atomic mass is 35.5. The molecular weight excluding hydrogens is 481 g/mol. The molecule has 0 aliphatic rings. The summed E-state index contributed by atoms with van der Waals surface area (Å²) < 4.78 is 46.4. The number of nitrogens with one attached hydrogen (secondary N) is 1. The zero-order valence-electron chi connectivity index (χ0n) is 17.6. The molecule has 178 valence electrons. The van der Waals surface area contributed by atoms with Gasteiger partial charge in [0.25, 0.3) is 11.6 Å². The third-order valence-electron chi connectivity index (χ3n) is 4.64. The van der Waals surface area contributed by atoms with Gasteiger partial charge in [0.2, 0.25) is 0 Å². The quantitative estimate of drug-likeness (QED) is 0.293. The smallest absolute Gasteiger partial charge is 0.418 e. The van der Waals surface area contributed by atoms with Crippen LogP contribution in [0.2, 0.25) is 5.15 Å². The lowest BCUT2D eigenvalue weighted by atomic mass is 10.1. The Morgan fingerprint density at radius 2 is 1.85 bits per heavy atom. The predicted molar refractivity (Wildman–Crippen MR) is 115 cm³/mol. The summed E-state index contributed by atoms with van der Waals surface area (Å²) in [4.78, 5) is 34.9. The van der Waals surface area contributed by atoms with Crippen molar-refractivity contribution in [1.29, 1.82) is 0 Å². The van der Waals surface area contributed by atoms with Crippen LogP contribution in [-0.2, 0) is 15.7 Å². The molecule has 1 aromatic heterocycles. The lowest BCUT2D eigenvalue weighted by Crippen LogP contribution is -2.31. The minimum Gasteiger partial charge on any atom is -0.449 e. The van der Waals surface area contributed by atoms with Crippen LogP contribution in [-0.4, -0.2) is 32.7 Å². The van der Waals surface area contributed by atoms with Crippen molar-refractivity contribution in [2.24, 2.45) is 0 Å². The molecule has 9 nitrogen and oxygen atoms in total. The third kappa shape index (κ3) is 5.17. The van der Waals surface area contributed by atoms with E-state index in [-0.39, 0.29) is 16.4 Å². The fraction of sp³-hybridized carbons (Fsp3) is 0.190. The Labute approximate surface area is 195 Å². The highest BCUT2D eigenvalue weighted by Gasteiger charge is 2.36. The number of alkyl halides is 3. The lowest BCUT2D eigenvalue weighted by molar-refractivity contribution is -0.385. The van der Waals surface area contributed by atoms with E-state index in [2.05, 4.69) is 5.10 Å². The van der Waals surface area contributed by atoms with E-state index in [4.69, 9.17) is 16.3 Å². The SMILES string of the molecule is Cc1nn(-c2ccccc2)c(Cl)c1C(=O)O[C@H](C)C(=O)Nc1ccc([N+](=O)[O-])cc1C(F)(F)F. The van der Waals surface area contributed by atoms with Crippen molar-refractivity contribution in [3.63, 3.8) is 0 Å². The summed E-state index contributed by atoms with van der Waals surface area (Å²) in [6.07, 6.45) is -6.51. The number of para-hydroxylation sites is 1. The van der Waals surface area contributed by atoms with Crippen molar-refractivity contribution in [1.82, 2.24) is 9.78 Å². The van der Waals surface area contributed by atoms with E-state index in [0.717, 1.165) is 19.1 Å². The molecular formula is C21H16ClF3N4O5. The zero-order chi connectivity index (χ0) is 25.2. The summed E-state index contributed by atoms with van der Waals surface area (Å²) in [6, 6.07) is 10.5. The molecule has 1 N–H and O–H groups in total. The van der Waals surface area contributed by atoms with Gasteiger partial charge in [-0.3, -0.25) is 14.9 Å². The highest BCUT2D eigenvalue weighted by molar-refractivity contribution is 6.33. The molecule has 0 unspecified atom stereocenters. The molecule has 0 saturated heterocycles. The number of aryl methyl sites for hydroxylation is 1. The number of esters is 1. The summed E-state index contributed by atoms with van der Waals surface area (Å²) in [5.74, 6) is -2.09. The zero-order valence-corrected chi connectivity index (χ0v) is 18.3. The number of aromatic nitrogens is 2. The summed E-state index contributed by atoms with van der Waals surface area (Å²) in [7, 11) is 0. The van der Waals surface area contributed by atoms with Gasteiger partial charge in [0.05, 0.1) is 27.6 Å². The van der Waals surface area contributed by atoms with E-state index in [1.807, 2.05) is 5.32 Å². The van der Waals surface area contributed by atoms with Crippen molar-refractivity contribution in [2.75, 3.05) is 5.32 Å². The van der Waals surface area contributed by atoms with Gasteiger partial charge in [-0.05, 0) is 32.0 Å². The predicted octanol–water partition coefficient (Wildman–Crippen LogP) is 4.95. The van der Waals surface area contributed by atoms with Crippen molar-refractivity contribution >= 4 is 34.9 Å². The standard InChI is InChI=1S/C21H16ClF3N4O5/c1-11-17(18(22)28(27-11)13-6-4-3-5-7-13)20(31)34-12(2)19(30)26-16-9-8-14(29(32)33)10-15(16)21(23,24)25/h3-10,12H,1-2H3,(H,26,30)/t12-/m1/s1. The van der Waals surface area contributed by atoms with Crippen molar-refractivity contribution in [3.05, 3.63) is 80.6 Å². The Morgan fingerprint density at radius 1 is 1.21 bits per heavy atom. The van der Waals surface area contributed by atoms with Crippen LogP contribution in [0.1, 0.15) is 28.5 Å². The van der Waals surface area contributed by atoms with Crippen LogP contribution in [0.15, 0.2) is 48.5 Å². The van der Waals surface area contributed by atoms with Crippen LogP contribution < -0.4 is 5.32 Å². The Morgan fingerprint density at radius 3 is 2.44 bits per heavy atom. The first-order valence-corrected chi connectivity index (χ1v) is 9.96. The highest BCUT2D eigenvalue weighted by Crippen LogP contribution is 2.37. The molecule has 3 aromatic rings. The number of benzene rings is 2. The third-order valence-corrected chi connectivity index (χ3v) is 4.99. The Bertz CT molecular complexity index is 1260. The second kappa shape index (κ2) is 9.51. The number of anilines is 1. The molecule has 2 aromatic carbocycles. The van der Waals surface area contributed by atoms with E-state index in [9.17, 15) is 32.9 Å². The van der Waals surface area contributed by atoms with Gasteiger partial charge in [-0.1, -0.05) is 29.8 Å². The minimum absolute atomic E-state index is 0.0731. The van der Waals surface area contributed by atoms with Gasteiger partial charge >= 0.3 is 12.1 Å². The average molecular weight is 497 g/mol. The molecule has 0 spiro atoms. The lowest BCUT2D eigenvalue weighted by Gasteiger charge is -2.17. The molecule has 0 aliphatic carbocycles. The number of halogens is 4. The number of nitro groups is 1. The van der Waals surface area contributed by atoms with E-state index in [1.54, 1.807) is 30.3 Å². The first kappa shape index (κ1) is 24.7. The first-order valence-electron chi connectivity index (χ1n) is 9.58. The molecule has 0 fully saturated rings. The Balaban J connectivity index is 1.79. The number of rotatable bonds is 6. The summed E-state index contributed by atoms with van der Waals surface area (Å²) in [6.45, 7) is 2.65. The van der Waals surface area contributed by atoms with Gasteiger partial charge in [-0.25, -0.2) is 9.48 Å². The van der Waals surface area contributed by atoms with Crippen LogP contribution in [0.25, 0.3) is 5.69 Å². The maximum absolute atomic E-state index is 13.3. The average Bonchev–Trinajstić information content (AvgIpc) is 3.07. The molecule has 34 heavy (non-hydrogen) atoms. The van der Waals surface area contributed by atoms with E-state index in [0.29, 0.717) is 11.8 Å². The second-order valence-corrected chi connectivity index (χ2v) is 7.38. The van der Waals surface area contributed by atoms with Gasteiger partial charge in [0.15, 0.2) is 6.10 Å². The molecule has 13 heteroatoms. The van der Waals surface area contributed by atoms with E-state index in [1.165, 1.54) is 11.6 Å². The van der Waals surface area contributed by atoms with Crippen LogP contribution in [0, 0.1) is 17.0 Å². The molecule has 0 aliphatic heterocycles. The van der Waals surface area contributed by atoms with Crippen LogP contribution in [0.3, 0.4) is 0 Å². The van der Waals surface area contributed by atoms with E-state index >= 15 is 0 Å². The topological polar surface area (TPSA) is 116 Å². The summed E-state index contributed by atoms with van der Waals surface area (Å²) >= 11 is 6.28. The van der Waals surface area contributed by atoms with Gasteiger partial charge < -0.3 is 10.1 Å². The number of carbonyl (C=O) groups is 2. The Kier molecular flexibility index (Phi) is 6.91. The van der Waals surface area contributed by atoms with Crippen molar-refractivity contribution < 1.29 is 32.4 Å². The molecule has 3 rings (SSSR count).